The van der Waals surface area contributed by atoms with Crippen LogP contribution in [0.5, 0.6) is 5.75 Å². The molecule has 0 atom stereocenters. The van der Waals surface area contributed by atoms with Crippen molar-refractivity contribution in [2.75, 3.05) is 57.8 Å². The van der Waals surface area contributed by atoms with Gasteiger partial charge in [-0.15, -0.1) is 0 Å². The standard InChI is InChI=1S/C22H30N4O2/c1-28-21-10-6-5-9-20(21)26-17-15-25(16-18-26)14-13-24-22(27)23-12-11-19-7-3-2-4-8-19/h2-10H,11-18H2,1H3,(H2,23,24,27). The largest absolute Gasteiger partial charge is 0.495 e. The van der Waals surface area contributed by atoms with Crippen molar-refractivity contribution in [3.05, 3.63) is 60.2 Å². The van der Waals surface area contributed by atoms with Crippen molar-refractivity contribution >= 4 is 11.7 Å². The van der Waals surface area contributed by atoms with Gasteiger partial charge in [0.1, 0.15) is 5.75 Å². The molecule has 2 amide bonds. The molecular weight excluding hydrogens is 352 g/mol. The van der Waals surface area contributed by atoms with Gasteiger partial charge in [0.05, 0.1) is 12.8 Å². The van der Waals surface area contributed by atoms with E-state index < -0.39 is 0 Å². The van der Waals surface area contributed by atoms with Gasteiger partial charge >= 0.3 is 6.03 Å². The van der Waals surface area contributed by atoms with Gasteiger partial charge in [0.25, 0.3) is 0 Å². The number of hydrogen-bond donors (Lipinski definition) is 2. The highest BCUT2D eigenvalue weighted by Gasteiger charge is 2.19. The van der Waals surface area contributed by atoms with Crippen LogP contribution in [0.15, 0.2) is 54.6 Å². The van der Waals surface area contributed by atoms with Crippen molar-refractivity contribution in [1.29, 1.82) is 0 Å². The number of hydrogen-bond acceptors (Lipinski definition) is 4. The van der Waals surface area contributed by atoms with Crippen LogP contribution in [0.25, 0.3) is 0 Å². The van der Waals surface area contributed by atoms with E-state index in [2.05, 4.69) is 38.6 Å². The first-order chi connectivity index (χ1) is 13.8. The summed E-state index contributed by atoms with van der Waals surface area (Å²) in [6.45, 7) is 6.06. The first-order valence-electron chi connectivity index (χ1n) is 9.92. The van der Waals surface area contributed by atoms with Gasteiger partial charge in [-0.1, -0.05) is 42.5 Å². The summed E-state index contributed by atoms with van der Waals surface area (Å²) in [5.74, 6) is 0.921. The van der Waals surface area contributed by atoms with E-state index in [9.17, 15) is 4.79 Å². The molecule has 6 nitrogen and oxygen atoms in total. The number of carbonyl (C=O) groups is 1. The predicted molar refractivity (Wildman–Crippen MR) is 113 cm³/mol. The Balaban J connectivity index is 1.30. The van der Waals surface area contributed by atoms with E-state index in [1.807, 2.05) is 36.4 Å². The molecule has 6 heteroatoms. The molecule has 0 saturated carbocycles. The molecule has 0 unspecified atom stereocenters. The number of piperazine rings is 1. The van der Waals surface area contributed by atoms with Crippen molar-refractivity contribution < 1.29 is 9.53 Å². The van der Waals surface area contributed by atoms with Gasteiger partial charge in [0.15, 0.2) is 0 Å². The molecule has 1 aliphatic heterocycles. The highest BCUT2D eigenvalue weighted by atomic mass is 16.5. The van der Waals surface area contributed by atoms with Crippen LogP contribution in [-0.2, 0) is 6.42 Å². The Morgan fingerprint density at radius 3 is 2.36 bits per heavy atom. The second-order valence-corrected chi connectivity index (χ2v) is 6.92. The number of urea groups is 1. The lowest BCUT2D eigenvalue weighted by atomic mass is 10.1. The van der Waals surface area contributed by atoms with Gasteiger partial charge in [-0.25, -0.2) is 4.79 Å². The molecule has 2 N–H and O–H groups in total. The highest BCUT2D eigenvalue weighted by molar-refractivity contribution is 5.73. The summed E-state index contributed by atoms with van der Waals surface area (Å²) >= 11 is 0. The van der Waals surface area contributed by atoms with E-state index in [-0.39, 0.29) is 6.03 Å². The third kappa shape index (κ3) is 5.89. The van der Waals surface area contributed by atoms with Crippen LogP contribution in [0.3, 0.4) is 0 Å². The summed E-state index contributed by atoms with van der Waals surface area (Å²) in [5.41, 5.74) is 2.39. The molecule has 0 spiro atoms. The number of carbonyl (C=O) groups excluding carboxylic acids is 1. The molecule has 1 fully saturated rings. The Labute approximate surface area is 167 Å². The van der Waals surface area contributed by atoms with Gasteiger partial charge in [-0.2, -0.15) is 0 Å². The van der Waals surface area contributed by atoms with Gasteiger partial charge in [0.2, 0.25) is 0 Å². The van der Waals surface area contributed by atoms with E-state index >= 15 is 0 Å². The summed E-state index contributed by atoms with van der Waals surface area (Å²) in [6.07, 6.45) is 0.846. The van der Waals surface area contributed by atoms with Crippen LogP contribution in [0.1, 0.15) is 5.56 Å². The maximum Gasteiger partial charge on any atom is 0.314 e. The molecule has 150 valence electrons. The molecule has 28 heavy (non-hydrogen) atoms. The topological polar surface area (TPSA) is 56.8 Å². The van der Waals surface area contributed by atoms with Gasteiger partial charge < -0.3 is 20.3 Å². The molecule has 2 aromatic carbocycles. The molecular formula is C22H30N4O2. The minimum Gasteiger partial charge on any atom is -0.495 e. The molecule has 0 radical (unpaired) electrons. The number of anilines is 1. The molecule has 1 aliphatic rings. The van der Waals surface area contributed by atoms with Crippen molar-refractivity contribution in [2.24, 2.45) is 0 Å². The number of ether oxygens (including phenoxy) is 1. The summed E-state index contributed by atoms with van der Waals surface area (Å²) in [6, 6.07) is 18.2. The maximum atomic E-state index is 11.9. The van der Waals surface area contributed by atoms with Crippen LogP contribution < -0.4 is 20.3 Å². The van der Waals surface area contributed by atoms with E-state index in [4.69, 9.17) is 4.74 Å². The fourth-order valence-corrected chi connectivity index (χ4v) is 3.46. The highest BCUT2D eigenvalue weighted by Crippen LogP contribution is 2.28. The van der Waals surface area contributed by atoms with Crippen LogP contribution in [0.2, 0.25) is 0 Å². The lowest BCUT2D eigenvalue weighted by Crippen LogP contribution is -2.49. The van der Waals surface area contributed by atoms with E-state index in [1.165, 1.54) is 5.56 Å². The average molecular weight is 383 g/mol. The Morgan fingerprint density at radius 2 is 1.61 bits per heavy atom. The first kappa shape index (κ1) is 20.0. The minimum atomic E-state index is -0.0939. The molecule has 1 saturated heterocycles. The quantitative estimate of drug-likeness (QED) is 0.736. The summed E-state index contributed by atoms with van der Waals surface area (Å²) < 4.78 is 5.47. The SMILES string of the molecule is COc1ccccc1N1CCN(CCNC(=O)NCCc2ccccc2)CC1. The number of nitrogens with one attached hydrogen (secondary N) is 2. The maximum absolute atomic E-state index is 11.9. The van der Waals surface area contributed by atoms with E-state index in [1.54, 1.807) is 7.11 Å². The number of rotatable bonds is 8. The van der Waals surface area contributed by atoms with Crippen molar-refractivity contribution in [2.45, 2.75) is 6.42 Å². The number of amides is 2. The second-order valence-electron chi connectivity index (χ2n) is 6.92. The normalized spacial score (nSPS) is 14.5. The summed E-state index contributed by atoms with van der Waals surface area (Å²) in [4.78, 5) is 16.7. The van der Waals surface area contributed by atoms with Crippen LogP contribution in [0.4, 0.5) is 10.5 Å². The lowest BCUT2D eigenvalue weighted by molar-refractivity contribution is 0.232. The predicted octanol–water partition coefficient (Wildman–Crippen LogP) is 2.36. The van der Waals surface area contributed by atoms with Crippen molar-refractivity contribution in [3.8, 4) is 5.75 Å². The number of para-hydroxylation sites is 2. The Bertz CT molecular complexity index is 730. The van der Waals surface area contributed by atoms with Crippen molar-refractivity contribution in [3.63, 3.8) is 0 Å². The molecule has 3 rings (SSSR count). The summed E-state index contributed by atoms with van der Waals surface area (Å²) in [5, 5.41) is 5.87. The number of methoxy groups -OCH3 is 1. The van der Waals surface area contributed by atoms with Gasteiger partial charge in [0, 0.05) is 45.8 Å². The van der Waals surface area contributed by atoms with Crippen LogP contribution in [-0.4, -0.2) is 63.9 Å². The average Bonchev–Trinajstić information content (AvgIpc) is 2.75. The van der Waals surface area contributed by atoms with Crippen LogP contribution >= 0.6 is 0 Å². The van der Waals surface area contributed by atoms with E-state index in [0.717, 1.165) is 50.6 Å². The molecule has 1 heterocycles. The Kier molecular flexibility index (Phi) is 7.55. The second kappa shape index (κ2) is 10.6. The number of nitrogens with zero attached hydrogens (tertiary/aromatic N) is 2. The fraction of sp³-hybridized carbons (Fsp3) is 0.409. The van der Waals surface area contributed by atoms with Crippen LogP contribution in [0, 0.1) is 0 Å². The zero-order valence-electron chi connectivity index (χ0n) is 16.6. The Hall–Kier alpha value is -2.73. The fourth-order valence-electron chi connectivity index (χ4n) is 3.46. The third-order valence-electron chi connectivity index (χ3n) is 5.05. The lowest BCUT2D eigenvalue weighted by Gasteiger charge is -2.36. The molecule has 0 bridgehead atoms. The minimum absolute atomic E-state index is 0.0939. The van der Waals surface area contributed by atoms with Gasteiger partial charge in [-0.05, 0) is 24.1 Å². The zero-order chi connectivity index (χ0) is 19.6. The van der Waals surface area contributed by atoms with Crippen molar-refractivity contribution in [1.82, 2.24) is 15.5 Å². The third-order valence-corrected chi connectivity index (χ3v) is 5.05. The molecule has 0 aliphatic carbocycles. The zero-order valence-corrected chi connectivity index (χ0v) is 16.6. The smallest absolute Gasteiger partial charge is 0.314 e. The number of benzene rings is 2. The molecule has 0 aromatic heterocycles. The van der Waals surface area contributed by atoms with E-state index in [0.29, 0.717) is 13.1 Å². The molecule has 2 aromatic rings. The first-order valence-corrected chi connectivity index (χ1v) is 9.92. The summed E-state index contributed by atoms with van der Waals surface area (Å²) in [7, 11) is 1.71. The Morgan fingerprint density at radius 1 is 0.929 bits per heavy atom. The monoisotopic (exact) mass is 382 g/mol. The van der Waals surface area contributed by atoms with Gasteiger partial charge in [-0.3, -0.25) is 4.90 Å².